The van der Waals surface area contributed by atoms with Crippen molar-refractivity contribution >= 4 is 5.97 Å². The highest BCUT2D eigenvalue weighted by molar-refractivity contribution is 5.76. The normalized spacial score (nSPS) is 13.7. The van der Waals surface area contributed by atoms with E-state index in [1.807, 2.05) is 13.8 Å². The molecular formula is C29H56O2. The van der Waals surface area contributed by atoms with Gasteiger partial charge in [0.1, 0.15) is 0 Å². The van der Waals surface area contributed by atoms with Crippen LogP contribution in [0.1, 0.15) is 157 Å². The Morgan fingerprint density at radius 1 is 0.677 bits per heavy atom. The van der Waals surface area contributed by atoms with E-state index in [-0.39, 0.29) is 17.5 Å². The first kappa shape index (κ1) is 30.2. The van der Waals surface area contributed by atoms with E-state index < -0.39 is 0 Å². The van der Waals surface area contributed by atoms with E-state index in [2.05, 4.69) is 32.9 Å². The molecule has 0 heterocycles. The van der Waals surface area contributed by atoms with E-state index in [1.54, 1.807) is 0 Å². The second-order valence-corrected chi connectivity index (χ2v) is 9.88. The van der Waals surface area contributed by atoms with Crippen LogP contribution < -0.4 is 0 Å². The summed E-state index contributed by atoms with van der Waals surface area (Å²) in [4.78, 5) is 12.9. The number of unbranched alkanes of at least 4 members (excludes halogenated alkanes) is 13. The Kier molecular flexibility index (Phi) is 20.5. The van der Waals surface area contributed by atoms with Crippen LogP contribution >= 0.6 is 0 Å². The molecule has 0 radical (unpaired) electrons. The van der Waals surface area contributed by atoms with Crippen LogP contribution in [0.3, 0.4) is 0 Å². The Balaban J connectivity index is 4.09. The molecule has 0 spiro atoms. The van der Waals surface area contributed by atoms with Gasteiger partial charge in [0.2, 0.25) is 0 Å². The molecule has 0 saturated heterocycles. The molecule has 0 saturated carbocycles. The molecule has 2 heteroatoms. The van der Waals surface area contributed by atoms with Crippen LogP contribution in [-0.2, 0) is 9.53 Å². The van der Waals surface area contributed by atoms with Crippen molar-refractivity contribution in [3.05, 3.63) is 12.2 Å². The molecule has 1 unspecified atom stereocenters. The average molecular weight is 437 g/mol. The highest BCUT2D eigenvalue weighted by Gasteiger charge is 2.37. The van der Waals surface area contributed by atoms with E-state index in [4.69, 9.17) is 4.74 Å². The molecular weight excluding hydrogens is 380 g/mol. The van der Waals surface area contributed by atoms with Gasteiger partial charge in [-0.05, 0) is 58.8 Å². The van der Waals surface area contributed by atoms with Gasteiger partial charge in [-0.15, -0.1) is 0 Å². The Hall–Kier alpha value is -0.790. The second kappa shape index (κ2) is 21.1. The van der Waals surface area contributed by atoms with E-state index in [0.717, 1.165) is 32.1 Å². The predicted molar refractivity (Wildman–Crippen MR) is 138 cm³/mol. The lowest BCUT2D eigenvalue weighted by atomic mass is 9.75. The molecule has 0 amide bonds. The zero-order valence-electron chi connectivity index (χ0n) is 22.0. The van der Waals surface area contributed by atoms with Crippen LogP contribution in [0.15, 0.2) is 12.2 Å². The van der Waals surface area contributed by atoms with Crippen LogP contribution in [0.4, 0.5) is 0 Å². The average Bonchev–Trinajstić information content (AvgIpc) is 2.75. The zero-order chi connectivity index (χ0) is 23.2. The molecule has 31 heavy (non-hydrogen) atoms. The van der Waals surface area contributed by atoms with Gasteiger partial charge in [0, 0.05) is 0 Å². The first-order valence-corrected chi connectivity index (χ1v) is 13.9. The number of carbonyl (C=O) groups is 1. The molecule has 0 fully saturated rings. The largest absolute Gasteiger partial charge is 0.463 e. The number of hydrogen-bond acceptors (Lipinski definition) is 2. The molecule has 0 aliphatic rings. The van der Waals surface area contributed by atoms with Crippen LogP contribution in [0.5, 0.6) is 0 Å². The summed E-state index contributed by atoms with van der Waals surface area (Å²) in [5, 5.41) is 0. The maximum Gasteiger partial charge on any atom is 0.312 e. The fraction of sp³-hybridized carbons (Fsp3) is 0.897. The van der Waals surface area contributed by atoms with Gasteiger partial charge in [0.05, 0.1) is 11.5 Å². The van der Waals surface area contributed by atoms with Gasteiger partial charge in [0.25, 0.3) is 0 Å². The molecule has 0 N–H and O–H groups in total. The van der Waals surface area contributed by atoms with E-state index in [0.29, 0.717) is 0 Å². The summed E-state index contributed by atoms with van der Waals surface area (Å²) in [6.07, 6.45) is 28.2. The van der Waals surface area contributed by atoms with Gasteiger partial charge in [-0.2, -0.15) is 0 Å². The quantitative estimate of drug-likeness (QED) is 0.0958. The molecule has 1 atom stereocenters. The summed E-state index contributed by atoms with van der Waals surface area (Å²) in [7, 11) is 0. The topological polar surface area (TPSA) is 26.3 Å². The molecule has 0 aromatic rings. The van der Waals surface area contributed by atoms with Gasteiger partial charge in [-0.3, -0.25) is 4.79 Å². The minimum Gasteiger partial charge on any atom is -0.463 e. The minimum absolute atomic E-state index is 0.0165. The first-order chi connectivity index (χ1) is 15.0. The summed E-state index contributed by atoms with van der Waals surface area (Å²) >= 11 is 0. The molecule has 0 aliphatic heterocycles. The van der Waals surface area contributed by atoms with Gasteiger partial charge < -0.3 is 4.74 Å². The fourth-order valence-corrected chi connectivity index (χ4v) is 4.41. The SMILES string of the molecule is CCCCCCCC/C=C\CCCCCCC(CC)(CCCCCC)C(=O)OC(C)C. The van der Waals surface area contributed by atoms with Crippen molar-refractivity contribution in [2.45, 2.75) is 163 Å². The summed E-state index contributed by atoms with van der Waals surface area (Å²) in [5.74, 6) is 0.0547. The van der Waals surface area contributed by atoms with Crippen molar-refractivity contribution in [3.8, 4) is 0 Å². The summed E-state index contributed by atoms with van der Waals surface area (Å²) < 4.78 is 5.69. The molecule has 2 nitrogen and oxygen atoms in total. The Morgan fingerprint density at radius 2 is 1.10 bits per heavy atom. The monoisotopic (exact) mass is 436 g/mol. The molecule has 0 aliphatic carbocycles. The highest BCUT2D eigenvalue weighted by atomic mass is 16.5. The minimum atomic E-state index is -0.255. The van der Waals surface area contributed by atoms with E-state index >= 15 is 0 Å². The molecule has 0 bridgehead atoms. The Bertz CT molecular complexity index is 426. The Labute approximate surface area is 196 Å². The Morgan fingerprint density at radius 3 is 1.55 bits per heavy atom. The van der Waals surface area contributed by atoms with Crippen molar-refractivity contribution in [2.75, 3.05) is 0 Å². The molecule has 0 aromatic heterocycles. The number of allylic oxidation sites excluding steroid dienone is 2. The lowest BCUT2D eigenvalue weighted by Gasteiger charge is -2.31. The van der Waals surface area contributed by atoms with Crippen LogP contribution in [0.2, 0.25) is 0 Å². The number of esters is 1. The van der Waals surface area contributed by atoms with Crippen LogP contribution in [0, 0.1) is 5.41 Å². The van der Waals surface area contributed by atoms with E-state index in [9.17, 15) is 4.79 Å². The number of hydrogen-bond donors (Lipinski definition) is 0. The van der Waals surface area contributed by atoms with Gasteiger partial charge in [-0.25, -0.2) is 0 Å². The zero-order valence-corrected chi connectivity index (χ0v) is 22.0. The maximum atomic E-state index is 12.9. The summed E-state index contributed by atoms with van der Waals surface area (Å²) in [5.41, 5.74) is -0.255. The number of rotatable bonds is 22. The van der Waals surface area contributed by atoms with Crippen molar-refractivity contribution in [3.63, 3.8) is 0 Å². The number of carbonyl (C=O) groups excluding carboxylic acids is 1. The van der Waals surface area contributed by atoms with E-state index in [1.165, 1.54) is 89.9 Å². The second-order valence-electron chi connectivity index (χ2n) is 9.88. The third-order valence-electron chi connectivity index (χ3n) is 6.63. The third-order valence-corrected chi connectivity index (χ3v) is 6.63. The summed E-state index contributed by atoms with van der Waals surface area (Å²) in [6.45, 7) is 10.6. The number of ether oxygens (including phenoxy) is 1. The van der Waals surface area contributed by atoms with Gasteiger partial charge >= 0.3 is 5.97 Å². The predicted octanol–water partition coefficient (Wildman–Crippen LogP) is 9.95. The van der Waals surface area contributed by atoms with Crippen molar-refractivity contribution < 1.29 is 9.53 Å². The van der Waals surface area contributed by atoms with Gasteiger partial charge in [0.15, 0.2) is 0 Å². The van der Waals surface area contributed by atoms with Crippen molar-refractivity contribution in [1.82, 2.24) is 0 Å². The van der Waals surface area contributed by atoms with Crippen LogP contribution in [0.25, 0.3) is 0 Å². The van der Waals surface area contributed by atoms with Crippen molar-refractivity contribution in [1.29, 1.82) is 0 Å². The molecule has 184 valence electrons. The smallest absolute Gasteiger partial charge is 0.312 e. The van der Waals surface area contributed by atoms with Crippen molar-refractivity contribution in [2.24, 2.45) is 5.41 Å². The third kappa shape index (κ3) is 16.5. The molecule has 0 aromatic carbocycles. The lowest BCUT2D eigenvalue weighted by Crippen LogP contribution is -2.34. The molecule has 0 rings (SSSR count). The maximum absolute atomic E-state index is 12.9. The van der Waals surface area contributed by atoms with Crippen LogP contribution in [-0.4, -0.2) is 12.1 Å². The van der Waals surface area contributed by atoms with Gasteiger partial charge in [-0.1, -0.05) is 110 Å². The highest BCUT2D eigenvalue weighted by Crippen LogP contribution is 2.37. The standard InChI is InChI=1S/C29H56O2/c1-6-9-11-13-14-15-16-17-18-19-20-21-22-24-26-29(8-3,25-23-12-10-7-2)28(30)31-27(4)5/h17-18,27H,6-16,19-26H2,1-5H3/b18-17-. The lowest BCUT2D eigenvalue weighted by molar-refractivity contribution is -0.161. The summed E-state index contributed by atoms with van der Waals surface area (Å²) in [6, 6.07) is 0. The fourth-order valence-electron chi connectivity index (χ4n) is 4.41. The first-order valence-electron chi connectivity index (χ1n) is 13.9.